The SMILES string of the molecule is CN(C)S(=O)(=O)Nc1ccc(-c2nn(C3CCCC3)c3ncnc(N)c23)cc1F. The Balaban J connectivity index is 1.80. The number of nitrogen functional groups attached to an aromatic ring is 1. The average Bonchev–Trinajstić information content (AvgIpc) is 3.31. The summed E-state index contributed by atoms with van der Waals surface area (Å²) in [6, 6.07) is 4.42. The Bertz CT molecular complexity index is 1170. The second-order valence-corrected chi connectivity index (χ2v) is 9.16. The van der Waals surface area contributed by atoms with Crippen LogP contribution in [-0.4, -0.2) is 46.6 Å². The summed E-state index contributed by atoms with van der Waals surface area (Å²) < 4.78 is 43.7. The number of halogens is 1. The lowest BCUT2D eigenvalue weighted by Gasteiger charge is -2.14. The van der Waals surface area contributed by atoms with Gasteiger partial charge < -0.3 is 5.73 Å². The van der Waals surface area contributed by atoms with Gasteiger partial charge in [0.2, 0.25) is 0 Å². The van der Waals surface area contributed by atoms with Crippen molar-refractivity contribution < 1.29 is 12.8 Å². The first-order valence-electron chi connectivity index (χ1n) is 9.27. The van der Waals surface area contributed by atoms with Crippen molar-refractivity contribution in [1.82, 2.24) is 24.1 Å². The van der Waals surface area contributed by atoms with Crippen LogP contribution < -0.4 is 10.5 Å². The lowest BCUT2D eigenvalue weighted by molar-refractivity contribution is 0.479. The van der Waals surface area contributed by atoms with Crippen LogP contribution in [-0.2, 0) is 10.2 Å². The van der Waals surface area contributed by atoms with E-state index in [2.05, 4.69) is 14.7 Å². The van der Waals surface area contributed by atoms with Gasteiger partial charge in [0, 0.05) is 19.7 Å². The summed E-state index contributed by atoms with van der Waals surface area (Å²) in [6.45, 7) is 0. The lowest BCUT2D eigenvalue weighted by Crippen LogP contribution is -2.29. The van der Waals surface area contributed by atoms with E-state index in [1.54, 1.807) is 6.07 Å². The summed E-state index contributed by atoms with van der Waals surface area (Å²) in [5.74, 6) is -0.445. The van der Waals surface area contributed by atoms with Crippen LogP contribution in [0.1, 0.15) is 31.7 Å². The quantitative estimate of drug-likeness (QED) is 0.656. The maximum Gasteiger partial charge on any atom is 0.301 e. The summed E-state index contributed by atoms with van der Waals surface area (Å²) in [4.78, 5) is 8.42. The van der Waals surface area contributed by atoms with Crippen LogP contribution >= 0.6 is 0 Å². The van der Waals surface area contributed by atoms with E-state index in [0.717, 1.165) is 30.0 Å². The van der Waals surface area contributed by atoms with Crippen LogP contribution in [0.3, 0.4) is 0 Å². The van der Waals surface area contributed by atoms with Crippen LogP contribution in [0.2, 0.25) is 0 Å². The summed E-state index contributed by atoms with van der Waals surface area (Å²) in [7, 11) is -1.10. The summed E-state index contributed by atoms with van der Waals surface area (Å²) in [5.41, 5.74) is 7.52. The van der Waals surface area contributed by atoms with E-state index in [0.29, 0.717) is 22.3 Å². The van der Waals surface area contributed by atoms with Gasteiger partial charge in [-0.05, 0) is 25.0 Å². The maximum atomic E-state index is 14.7. The Kier molecular flexibility index (Phi) is 4.87. The van der Waals surface area contributed by atoms with Crippen molar-refractivity contribution in [2.75, 3.05) is 24.6 Å². The number of nitrogens with two attached hydrogens (primary N) is 1. The van der Waals surface area contributed by atoms with Gasteiger partial charge in [0.05, 0.1) is 17.1 Å². The fourth-order valence-electron chi connectivity index (χ4n) is 3.58. The highest BCUT2D eigenvalue weighted by atomic mass is 32.2. The molecule has 1 aliphatic carbocycles. The molecule has 1 saturated carbocycles. The predicted molar refractivity (Wildman–Crippen MR) is 109 cm³/mol. The fraction of sp³-hybridized carbons (Fsp3) is 0.389. The topological polar surface area (TPSA) is 119 Å². The average molecular weight is 419 g/mol. The third-order valence-corrected chi connectivity index (χ3v) is 6.59. The van der Waals surface area contributed by atoms with E-state index in [1.165, 1.54) is 32.6 Å². The number of aromatic nitrogens is 4. The molecule has 0 aliphatic heterocycles. The molecule has 1 fully saturated rings. The van der Waals surface area contributed by atoms with E-state index in [1.807, 2.05) is 4.68 Å². The van der Waals surface area contributed by atoms with Crippen LogP contribution in [0.5, 0.6) is 0 Å². The molecule has 29 heavy (non-hydrogen) atoms. The molecule has 2 aromatic heterocycles. The predicted octanol–water partition coefficient (Wildman–Crippen LogP) is 2.55. The number of hydrogen-bond donors (Lipinski definition) is 2. The third-order valence-electron chi connectivity index (χ3n) is 5.15. The minimum absolute atomic E-state index is 0.147. The molecule has 3 aromatic rings. The van der Waals surface area contributed by atoms with Gasteiger partial charge in [-0.15, -0.1) is 0 Å². The van der Waals surface area contributed by atoms with Crippen molar-refractivity contribution in [1.29, 1.82) is 0 Å². The van der Waals surface area contributed by atoms with Gasteiger partial charge in [0.25, 0.3) is 0 Å². The van der Waals surface area contributed by atoms with E-state index in [9.17, 15) is 12.8 Å². The molecule has 9 nitrogen and oxygen atoms in total. The van der Waals surface area contributed by atoms with E-state index in [4.69, 9.17) is 10.8 Å². The first-order chi connectivity index (χ1) is 13.8. The molecule has 0 bridgehead atoms. The minimum atomic E-state index is -3.82. The van der Waals surface area contributed by atoms with Crippen LogP contribution in [0.4, 0.5) is 15.9 Å². The van der Waals surface area contributed by atoms with Crippen LogP contribution in [0, 0.1) is 5.82 Å². The lowest BCUT2D eigenvalue weighted by atomic mass is 10.1. The van der Waals surface area contributed by atoms with Gasteiger partial charge in [0.1, 0.15) is 23.7 Å². The van der Waals surface area contributed by atoms with Gasteiger partial charge in [0.15, 0.2) is 5.65 Å². The smallest absolute Gasteiger partial charge is 0.301 e. The normalized spacial score (nSPS) is 15.4. The molecule has 1 aromatic carbocycles. The minimum Gasteiger partial charge on any atom is -0.383 e. The van der Waals surface area contributed by atoms with Gasteiger partial charge >= 0.3 is 10.2 Å². The largest absolute Gasteiger partial charge is 0.383 e. The van der Waals surface area contributed by atoms with Crippen molar-refractivity contribution in [2.24, 2.45) is 0 Å². The molecule has 0 spiro atoms. The molecule has 0 unspecified atom stereocenters. The molecular formula is C18H22FN7O2S. The molecule has 154 valence electrons. The highest BCUT2D eigenvalue weighted by Gasteiger charge is 2.25. The fourth-order valence-corrected chi connectivity index (χ4v) is 4.20. The second-order valence-electron chi connectivity index (χ2n) is 7.27. The second kappa shape index (κ2) is 7.23. The van der Waals surface area contributed by atoms with Crippen molar-refractivity contribution in [3.8, 4) is 11.3 Å². The Morgan fingerprint density at radius 3 is 2.62 bits per heavy atom. The maximum absolute atomic E-state index is 14.7. The zero-order valence-corrected chi connectivity index (χ0v) is 16.9. The molecule has 11 heteroatoms. The molecule has 3 N–H and O–H groups in total. The number of hydrogen-bond acceptors (Lipinski definition) is 6. The van der Waals surface area contributed by atoms with Crippen LogP contribution in [0.15, 0.2) is 24.5 Å². The van der Waals surface area contributed by atoms with Crippen molar-refractivity contribution >= 4 is 32.7 Å². The van der Waals surface area contributed by atoms with Gasteiger partial charge in [-0.3, -0.25) is 4.72 Å². The highest BCUT2D eigenvalue weighted by molar-refractivity contribution is 7.90. The van der Waals surface area contributed by atoms with E-state index in [-0.39, 0.29) is 17.5 Å². The Morgan fingerprint density at radius 2 is 1.97 bits per heavy atom. The molecular weight excluding hydrogens is 397 g/mol. The highest BCUT2D eigenvalue weighted by Crippen LogP contribution is 2.37. The first kappa shape index (κ1) is 19.5. The standard InChI is InChI=1S/C18H22FN7O2S/c1-25(2)29(27,28)24-14-8-7-11(9-13(14)19)16-15-17(20)21-10-22-18(15)26(23-16)12-5-3-4-6-12/h7-10,12,24H,3-6H2,1-2H3,(H2,20,21,22). The Hall–Kier alpha value is -2.79. The monoisotopic (exact) mass is 419 g/mol. The summed E-state index contributed by atoms with van der Waals surface area (Å²) >= 11 is 0. The molecule has 1 aliphatic rings. The van der Waals surface area contributed by atoms with Gasteiger partial charge in [-0.1, -0.05) is 18.9 Å². The zero-order chi connectivity index (χ0) is 20.8. The first-order valence-corrected chi connectivity index (χ1v) is 10.7. The number of nitrogens with zero attached hydrogens (tertiary/aromatic N) is 5. The molecule has 0 amide bonds. The molecule has 4 rings (SSSR count). The number of fused-ring (bicyclic) bond motifs is 1. The molecule has 0 radical (unpaired) electrons. The third kappa shape index (κ3) is 3.51. The van der Waals surface area contributed by atoms with Crippen molar-refractivity contribution in [2.45, 2.75) is 31.7 Å². The molecule has 2 heterocycles. The van der Waals surface area contributed by atoms with Gasteiger partial charge in [-0.25, -0.2) is 19.0 Å². The van der Waals surface area contributed by atoms with Crippen LogP contribution in [0.25, 0.3) is 22.3 Å². The molecule has 0 atom stereocenters. The summed E-state index contributed by atoms with van der Waals surface area (Å²) in [5, 5.41) is 5.27. The number of anilines is 2. The zero-order valence-electron chi connectivity index (χ0n) is 16.1. The number of benzene rings is 1. The van der Waals surface area contributed by atoms with E-state index >= 15 is 0 Å². The van der Waals surface area contributed by atoms with Crippen molar-refractivity contribution in [3.05, 3.63) is 30.3 Å². The van der Waals surface area contributed by atoms with Gasteiger partial charge in [-0.2, -0.15) is 17.8 Å². The molecule has 0 saturated heterocycles. The van der Waals surface area contributed by atoms with E-state index < -0.39 is 16.0 Å². The Morgan fingerprint density at radius 1 is 1.24 bits per heavy atom. The number of rotatable bonds is 5. The number of nitrogens with one attached hydrogen (secondary N) is 1. The Labute approximate surface area is 167 Å². The van der Waals surface area contributed by atoms with Crippen molar-refractivity contribution in [3.63, 3.8) is 0 Å². The summed E-state index contributed by atoms with van der Waals surface area (Å²) in [6.07, 6.45) is 5.64.